The van der Waals surface area contributed by atoms with Gasteiger partial charge in [0.05, 0.1) is 29.8 Å². The van der Waals surface area contributed by atoms with E-state index in [0.717, 1.165) is 42.9 Å². The predicted octanol–water partition coefficient (Wildman–Crippen LogP) is 3.13. The first-order valence-electron chi connectivity index (χ1n) is 9.46. The summed E-state index contributed by atoms with van der Waals surface area (Å²) in [6.45, 7) is 1.39. The normalized spacial score (nSPS) is 12.1. The van der Waals surface area contributed by atoms with Crippen LogP contribution in [0.25, 0.3) is 0 Å². The van der Waals surface area contributed by atoms with Gasteiger partial charge in [-0.3, -0.25) is 14.9 Å². The number of rotatable bonds is 8. The van der Waals surface area contributed by atoms with Crippen LogP contribution in [-0.2, 0) is 27.1 Å². The lowest BCUT2D eigenvalue weighted by Gasteiger charge is -2.10. The van der Waals surface area contributed by atoms with Gasteiger partial charge in [-0.05, 0) is 43.9 Å². The Hall–Kier alpha value is -3.47. The first-order chi connectivity index (χ1) is 14.8. The largest absolute Gasteiger partial charge is 0.477 e. The molecule has 2 aromatic rings. The maximum Gasteiger partial charge on any atom is 0.341 e. The molecule has 0 saturated carbocycles. The first-order valence-corrected chi connectivity index (χ1v) is 10.3. The molecule has 0 radical (unpaired) electrons. The molecule has 1 aliphatic carbocycles. The Morgan fingerprint density at radius 3 is 2.68 bits per heavy atom. The molecule has 1 amide bonds. The van der Waals surface area contributed by atoms with E-state index in [1.165, 1.54) is 23.5 Å². The number of amides is 1. The molecule has 0 spiro atoms. The highest BCUT2D eigenvalue weighted by Gasteiger charge is 2.28. The number of fused-ring (bicyclic) bond motifs is 1. The molecular formula is C20H20N2O8S. The lowest BCUT2D eigenvalue weighted by molar-refractivity contribution is -0.385. The second kappa shape index (κ2) is 9.56. The van der Waals surface area contributed by atoms with Crippen molar-refractivity contribution in [2.45, 2.75) is 26.2 Å². The maximum atomic E-state index is 12.4. The van der Waals surface area contributed by atoms with Gasteiger partial charge in [0.25, 0.3) is 5.91 Å². The summed E-state index contributed by atoms with van der Waals surface area (Å²) in [5.74, 6) is -1.99. The number of hydrogen-bond donors (Lipinski definition) is 1. The zero-order chi connectivity index (χ0) is 22.5. The van der Waals surface area contributed by atoms with Gasteiger partial charge in [-0.25, -0.2) is 9.59 Å². The summed E-state index contributed by atoms with van der Waals surface area (Å²) in [5, 5.41) is 14.3. The number of carbonyl (C=O) groups is 3. The van der Waals surface area contributed by atoms with Gasteiger partial charge in [0.15, 0.2) is 12.4 Å². The number of thiophene rings is 1. The lowest BCUT2D eigenvalue weighted by atomic mass is 10.1. The number of nitro groups is 1. The highest BCUT2D eigenvalue weighted by atomic mass is 32.1. The number of ether oxygens (including phenoxy) is 3. The SMILES string of the molecule is CCOC(=O)c1c(NC(=O)COc2ccc(C(=O)OC)cc2[N+](=O)[O-])sc2c1CCC2. The van der Waals surface area contributed by atoms with Crippen molar-refractivity contribution in [3.8, 4) is 5.75 Å². The summed E-state index contributed by atoms with van der Waals surface area (Å²) >= 11 is 1.32. The van der Waals surface area contributed by atoms with Gasteiger partial charge in [0, 0.05) is 10.9 Å². The third-order valence-corrected chi connectivity index (χ3v) is 5.80. The Kier molecular flexibility index (Phi) is 6.85. The average molecular weight is 448 g/mol. The van der Waals surface area contributed by atoms with Crippen LogP contribution in [0.1, 0.15) is 44.5 Å². The molecule has 0 saturated heterocycles. The van der Waals surface area contributed by atoms with Gasteiger partial charge in [-0.2, -0.15) is 0 Å². The number of benzene rings is 1. The molecule has 0 atom stereocenters. The third-order valence-electron chi connectivity index (χ3n) is 4.59. The van der Waals surface area contributed by atoms with Crippen molar-refractivity contribution >= 4 is 39.9 Å². The Morgan fingerprint density at radius 1 is 1.23 bits per heavy atom. The van der Waals surface area contributed by atoms with Crippen molar-refractivity contribution in [3.63, 3.8) is 0 Å². The summed E-state index contributed by atoms with van der Waals surface area (Å²) in [6, 6.07) is 3.54. The Morgan fingerprint density at radius 2 is 2.00 bits per heavy atom. The number of methoxy groups -OCH3 is 1. The van der Waals surface area contributed by atoms with Gasteiger partial charge in [0.2, 0.25) is 0 Å². The van der Waals surface area contributed by atoms with Crippen LogP contribution in [0, 0.1) is 10.1 Å². The molecule has 0 unspecified atom stereocenters. The summed E-state index contributed by atoms with van der Waals surface area (Å²) in [7, 11) is 1.16. The van der Waals surface area contributed by atoms with Gasteiger partial charge in [-0.1, -0.05) is 0 Å². The predicted molar refractivity (Wildman–Crippen MR) is 111 cm³/mol. The van der Waals surface area contributed by atoms with Crippen LogP contribution >= 0.6 is 11.3 Å². The van der Waals surface area contributed by atoms with E-state index in [0.29, 0.717) is 10.6 Å². The Labute approximate surface area is 181 Å². The van der Waals surface area contributed by atoms with Gasteiger partial charge in [-0.15, -0.1) is 11.3 Å². The van der Waals surface area contributed by atoms with E-state index in [1.807, 2.05) is 0 Å². The second-order valence-electron chi connectivity index (χ2n) is 6.55. The van der Waals surface area contributed by atoms with Gasteiger partial charge < -0.3 is 19.5 Å². The number of esters is 2. The zero-order valence-corrected chi connectivity index (χ0v) is 17.7. The molecule has 3 rings (SSSR count). The molecule has 164 valence electrons. The number of aryl methyl sites for hydroxylation is 1. The summed E-state index contributed by atoms with van der Waals surface area (Å²) in [4.78, 5) is 48.0. The van der Waals surface area contributed by atoms with Gasteiger partial charge in [0.1, 0.15) is 5.00 Å². The van der Waals surface area contributed by atoms with E-state index in [1.54, 1.807) is 6.92 Å². The topological polar surface area (TPSA) is 134 Å². The molecule has 1 heterocycles. The average Bonchev–Trinajstić information content (AvgIpc) is 3.32. The first kappa shape index (κ1) is 22.2. The van der Waals surface area contributed by atoms with E-state index >= 15 is 0 Å². The maximum absolute atomic E-state index is 12.4. The molecule has 1 aromatic heterocycles. The Bertz CT molecular complexity index is 1050. The van der Waals surface area contributed by atoms with Crippen LogP contribution in [0.3, 0.4) is 0 Å². The van der Waals surface area contributed by atoms with E-state index in [2.05, 4.69) is 10.1 Å². The van der Waals surface area contributed by atoms with Crippen LogP contribution in [0.5, 0.6) is 5.75 Å². The number of hydrogen-bond acceptors (Lipinski definition) is 9. The fourth-order valence-corrected chi connectivity index (χ4v) is 4.54. The molecule has 10 nitrogen and oxygen atoms in total. The van der Waals surface area contributed by atoms with Gasteiger partial charge >= 0.3 is 17.6 Å². The van der Waals surface area contributed by atoms with Crippen LogP contribution < -0.4 is 10.1 Å². The van der Waals surface area contributed by atoms with Crippen LogP contribution in [0.2, 0.25) is 0 Å². The molecule has 1 aromatic carbocycles. The van der Waals surface area contributed by atoms with Crippen molar-refractivity contribution in [2.24, 2.45) is 0 Å². The monoisotopic (exact) mass is 448 g/mol. The third kappa shape index (κ3) is 4.82. The molecule has 0 aliphatic heterocycles. The lowest BCUT2D eigenvalue weighted by Crippen LogP contribution is -2.21. The summed E-state index contributed by atoms with van der Waals surface area (Å²) in [5.41, 5.74) is 0.769. The van der Waals surface area contributed by atoms with E-state index < -0.39 is 35.1 Å². The standard InChI is InChI=1S/C20H20N2O8S/c1-3-29-20(25)17-12-5-4-6-15(12)31-18(17)21-16(23)10-30-14-8-7-11(19(24)28-2)9-13(14)22(26)27/h7-9H,3-6,10H2,1-2H3,(H,21,23). The van der Waals surface area contributed by atoms with E-state index in [4.69, 9.17) is 9.47 Å². The molecule has 0 bridgehead atoms. The van der Waals surface area contributed by atoms with Crippen LogP contribution in [0.4, 0.5) is 10.7 Å². The molecule has 1 N–H and O–H groups in total. The van der Waals surface area contributed by atoms with Crippen molar-refractivity contribution in [1.82, 2.24) is 0 Å². The summed E-state index contributed by atoms with van der Waals surface area (Å²) < 4.78 is 15.0. The molecule has 31 heavy (non-hydrogen) atoms. The van der Waals surface area contributed by atoms with Crippen molar-refractivity contribution < 1.29 is 33.5 Å². The zero-order valence-electron chi connectivity index (χ0n) is 16.9. The molecule has 11 heteroatoms. The molecular weight excluding hydrogens is 428 g/mol. The number of anilines is 1. The fourth-order valence-electron chi connectivity index (χ4n) is 3.24. The number of nitrogens with one attached hydrogen (secondary N) is 1. The quantitative estimate of drug-likeness (QED) is 0.370. The fraction of sp³-hybridized carbons (Fsp3) is 0.350. The highest BCUT2D eigenvalue weighted by Crippen LogP contribution is 2.39. The van der Waals surface area contributed by atoms with Crippen molar-refractivity contribution in [1.29, 1.82) is 0 Å². The molecule has 0 fully saturated rings. The molecule has 1 aliphatic rings. The highest BCUT2D eigenvalue weighted by molar-refractivity contribution is 7.17. The van der Waals surface area contributed by atoms with Crippen molar-refractivity contribution in [3.05, 3.63) is 49.9 Å². The smallest absolute Gasteiger partial charge is 0.341 e. The summed E-state index contributed by atoms with van der Waals surface area (Å²) in [6.07, 6.45) is 2.51. The minimum Gasteiger partial charge on any atom is -0.477 e. The van der Waals surface area contributed by atoms with E-state index in [-0.39, 0.29) is 17.9 Å². The van der Waals surface area contributed by atoms with E-state index in [9.17, 15) is 24.5 Å². The van der Waals surface area contributed by atoms with Crippen LogP contribution in [-0.4, -0.2) is 43.1 Å². The number of nitro benzene ring substituents is 1. The minimum absolute atomic E-state index is 0.0156. The number of carbonyl (C=O) groups excluding carboxylic acids is 3. The number of nitrogens with zero attached hydrogens (tertiary/aromatic N) is 1. The second-order valence-corrected chi connectivity index (χ2v) is 7.66. The van der Waals surface area contributed by atoms with Crippen LogP contribution in [0.15, 0.2) is 18.2 Å². The van der Waals surface area contributed by atoms with Crippen molar-refractivity contribution in [2.75, 3.05) is 25.6 Å². The Balaban J connectivity index is 1.73. The minimum atomic E-state index is -0.732.